The van der Waals surface area contributed by atoms with E-state index in [4.69, 9.17) is 0 Å². The van der Waals surface area contributed by atoms with Crippen molar-refractivity contribution in [3.63, 3.8) is 0 Å². The first-order valence-electron chi connectivity index (χ1n) is 4.50. The van der Waals surface area contributed by atoms with Gasteiger partial charge in [-0.1, -0.05) is 42.6 Å². The van der Waals surface area contributed by atoms with E-state index < -0.39 is 0 Å². The Morgan fingerprint density at radius 1 is 1.36 bits per heavy atom. The van der Waals surface area contributed by atoms with E-state index in [0.717, 1.165) is 16.4 Å². The second kappa shape index (κ2) is 4.29. The van der Waals surface area contributed by atoms with Crippen LogP contribution in [0.4, 0.5) is 0 Å². The van der Waals surface area contributed by atoms with Crippen LogP contribution in [0.2, 0.25) is 0 Å². The van der Waals surface area contributed by atoms with E-state index in [9.17, 15) is 0 Å². The number of pyridine rings is 1. The van der Waals surface area contributed by atoms with Crippen molar-refractivity contribution in [1.82, 2.24) is 4.98 Å². The van der Waals surface area contributed by atoms with Gasteiger partial charge in [0.2, 0.25) is 0 Å². The molecule has 0 fully saturated rings. The van der Waals surface area contributed by atoms with Gasteiger partial charge in [0.05, 0.1) is 0 Å². The summed E-state index contributed by atoms with van der Waals surface area (Å²) in [5, 5.41) is 1.06. The van der Waals surface area contributed by atoms with Gasteiger partial charge in [-0.3, -0.25) is 0 Å². The lowest BCUT2D eigenvalue weighted by Gasteiger charge is -2.04. The summed E-state index contributed by atoms with van der Waals surface area (Å²) in [6.07, 6.45) is 11.0. The fraction of sp³-hybridized carbons (Fsp3) is 0.0833. The van der Waals surface area contributed by atoms with Crippen molar-refractivity contribution in [2.45, 2.75) is 11.4 Å². The van der Waals surface area contributed by atoms with Crippen molar-refractivity contribution in [2.75, 3.05) is 0 Å². The van der Waals surface area contributed by atoms with Crippen molar-refractivity contribution < 1.29 is 0 Å². The van der Waals surface area contributed by atoms with E-state index in [-0.39, 0.29) is 0 Å². The Kier molecular flexibility index (Phi) is 2.84. The predicted octanol–water partition coefficient (Wildman–Crippen LogP) is 3.36. The maximum Gasteiger partial charge on any atom is 0.104 e. The standard InChI is InChI=1S/C12H11NS/c1-10-6-3-2-4-7-11-8-5-9-13-12(11)14-10/h2-6,8-9H,1,7H2/b4-2-,6-3-. The third kappa shape index (κ3) is 2.15. The highest BCUT2D eigenvalue weighted by Crippen LogP contribution is 2.28. The minimum absolute atomic E-state index is 0.938. The maximum absolute atomic E-state index is 4.35. The van der Waals surface area contributed by atoms with E-state index >= 15 is 0 Å². The number of hydrogen-bond donors (Lipinski definition) is 0. The molecular weight excluding hydrogens is 190 g/mol. The van der Waals surface area contributed by atoms with E-state index in [0.29, 0.717) is 0 Å². The summed E-state index contributed by atoms with van der Waals surface area (Å²) in [6.45, 7) is 3.96. The molecule has 1 aromatic heterocycles. The second-order valence-corrected chi connectivity index (χ2v) is 4.14. The Morgan fingerprint density at radius 2 is 2.29 bits per heavy atom. The molecule has 1 aromatic rings. The smallest absolute Gasteiger partial charge is 0.104 e. The Labute approximate surface area is 88.3 Å². The molecule has 0 atom stereocenters. The largest absolute Gasteiger partial charge is 0.249 e. The van der Waals surface area contributed by atoms with Gasteiger partial charge in [-0.05, 0) is 24.1 Å². The number of allylic oxidation sites excluding steroid dienone is 4. The molecule has 2 heterocycles. The van der Waals surface area contributed by atoms with Gasteiger partial charge in [0.15, 0.2) is 0 Å². The molecule has 0 spiro atoms. The van der Waals surface area contributed by atoms with Gasteiger partial charge in [-0.25, -0.2) is 4.98 Å². The number of rotatable bonds is 0. The molecule has 70 valence electrons. The Morgan fingerprint density at radius 3 is 3.21 bits per heavy atom. The van der Waals surface area contributed by atoms with Crippen molar-refractivity contribution in [1.29, 1.82) is 0 Å². The Hall–Kier alpha value is -1.28. The minimum atomic E-state index is 0.938. The van der Waals surface area contributed by atoms with Crippen molar-refractivity contribution in [3.8, 4) is 0 Å². The average molecular weight is 201 g/mol. The first-order valence-corrected chi connectivity index (χ1v) is 5.32. The van der Waals surface area contributed by atoms with Crippen LogP contribution in [0.15, 0.2) is 59.1 Å². The van der Waals surface area contributed by atoms with Crippen LogP contribution in [0.5, 0.6) is 0 Å². The van der Waals surface area contributed by atoms with E-state index in [1.54, 1.807) is 11.8 Å². The molecule has 14 heavy (non-hydrogen) atoms. The predicted molar refractivity (Wildman–Crippen MR) is 61.2 cm³/mol. The molecule has 0 aromatic carbocycles. The van der Waals surface area contributed by atoms with Gasteiger partial charge in [0.25, 0.3) is 0 Å². The zero-order chi connectivity index (χ0) is 9.80. The first-order chi connectivity index (χ1) is 6.86. The fourth-order valence-electron chi connectivity index (χ4n) is 1.27. The van der Waals surface area contributed by atoms with Crippen LogP contribution in [-0.2, 0) is 6.42 Å². The summed E-state index contributed by atoms with van der Waals surface area (Å²) < 4.78 is 0. The van der Waals surface area contributed by atoms with Gasteiger partial charge in [-0.2, -0.15) is 0 Å². The van der Waals surface area contributed by atoms with Crippen LogP contribution in [-0.4, -0.2) is 4.98 Å². The SMILES string of the molecule is C=C1/C=C\C=C/Cc2cccnc2S1. The maximum atomic E-state index is 4.35. The first kappa shape index (κ1) is 9.28. The molecule has 1 aliphatic heterocycles. The lowest BCUT2D eigenvalue weighted by atomic mass is 10.2. The van der Waals surface area contributed by atoms with E-state index in [2.05, 4.69) is 23.7 Å². The molecule has 0 N–H and O–H groups in total. The van der Waals surface area contributed by atoms with Crippen LogP contribution >= 0.6 is 11.8 Å². The summed E-state index contributed by atoms with van der Waals surface area (Å²) in [5.41, 5.74) is 1.26. The number of thioether (sulfide) groups is 1. The monoisotopic (exact) mass is 201 g/mol. The van der Waals surface area contributed by atoms with E-state index in [1.807, 2.05) is 30.5 Å². The van der Waals surface area contributed by atoms with Crippen molar-refractivity contribution >= 4 is 11.8 Å². The second-order valence-electron chi connectivity index (χ2n) is 3.03. The summed E-state index contributed by atoms with van der Waals surface area (Å²) in [5.74, 6) is 0. The zero-order valence-electron chi connectivity index (χ0n) is 7.81. The fourth-order valence-corrected chi connectivity index (χ4v) is 2.06. The van der Waals surface area contributed by atoms with Gasteiger partial charge in [0, 0.05) is 11.1 Å². The minimum Gasteiger partial charge on any atom is -0.249 e. The molecule has 0 saturated carbocycles. The van der Waals surface area contributed by atoms with Gasteiger partial charge >= 0.3 is 0 Å². The van der Waals surface area contributed by atoms with Gasteiger partial charge in [-0.15, -0.1) is 0 Å². The molecule has 0 amide bonds. The molecule has 2 heteroatoms. The summed E-state index contributed by atoms with van der Waals surface area (Å²) in [4.78, 5) is 5.37. The number of fused-ring (bicyclic) bond motifs is 1. The van der Waals surface area contributed by atoms with Gasteiger partial charge < -0.3 is 0 Å². The van der Waals surface area contributed by atoms with E-state index in [1.165, 1.54) is 5.56 Å². The van der Waals surface area contributed by atoms with Gasteiger partial charge in [0.1, 0.15) is 5.03 Å². The van der Waals surface area contributed by atoms with Crippen molar-refractivity contribution in [2.24, 2.45) is 0 Å². The molecule has 0 bridgehead atoms. The normalized spacial score (nSPS) is 20.1. The molecule has 0 unspecified atom stereocenters. The molecule has 1 nitrogen and oxygen atoms in total. The zero-order valence-corrected chi connectivity index (χ0v) is 8.63. The lowest BCUT2D eigenvalue weighted by molar-refractivity contribution is 1.04. The third-order valence-electron chi connectivity index (χ3n) is 1.94. The quantitative estimate of drug-likeness (QED) is 0.638. The van der Waals surface area contributed by atoms with Crippen molar-refractivity contribution in [3.05, 3.63) is 59.7 Å². The van der Waals surface area contributed by atoms with Crippen LogP contribution in [0.3, 0.4) is 0 Å². The summed E-state index contributed by atoms with van der Waals surface area (Å²) in [7, 11) is 0. The number of nitrogens with zero attached hydrogens (tertiary/aromatic N) is 1. The number of aromatic nitrogens is 1. The topological polar surface area (TPSA) is 12.9 Å². The number of hydrogen-bond acceptors (Lipinski definition) is 2. The van der Waals surface area contributed by atoms with Crippen LogP contribution in [0, 0.1) is 0 Å². The highest BCUT2D eigenvalue weighted by atomic mass is 32.2. The molecule has 1 aliphatic rings. The molecular formula is C12H11NS. The Balaban J connectivity index is 2.39. The molecule has 0 radical (unpaired) electrons. The third-order valence-corrected chi connectivity index (χ3v) is 2.90. The highest BCUT2D eigenvalue weighted by Gasteiger charge is 2.04. The highest BCUT2D eigenvalue weighted by molar-refractivity contribution is 8.03. The van der Waals surface area contributed by atoms with Crippen LogP contribution < -0.4 is 0 Å². The lowest BCUT2D eigenvalue weighted by Crippen LogP contribution is -1.88. The molecule has 0 aliphatic carbocycles. The average Bonchev–Trinajstić information content (AvgIpc) is 2.27. The molecule has 0 saturated heterocycles. The summed E-state index contributed by atoms with van der Waals surface area (Å²) in [6, 6.07) is 4.08. The van der Waals surface area contributed by atoms with Crippen LogP contribution in [0.25, 0.3) is 0 Å². The van der Waals surface area contributed by atoms with Crippen LogP contribution in [0.1, 0.15) is 5.56 Å². The summed E-state index contributed by atoms with van der Waals surface area (Å²) >= 11 is 1.63. The molecule has 2 rings (SSSR count). The Bertz CT molecular complexity index is 405.